The third kappa shape index (κ3) is 4.03. The molecule has 0 spiro atoms. The first kappa shape index (κ1) is 23.7. The maximum absolute atomic E-state index is 15.5. The van der Waals surface area contributed by atoms with Crippen LogP contribution < -0.4 is 31.5 Å². The summed E-state index contributed by atoms with van der Waals surface area (Å²) in [7, 11) is -4.01. The highest BCUT2D eigenvalue weighted by molar-refractivity contribution is 8.14. The van der Waals surface area contributed by atoms with Crippen molar-refractivity contribution >= 4 is 33.2 Å². The molecule has 0 aliphatic carbocycles. The van der Waals surface area contributed by atoms with E-state index in [1.807, 2.05) is 6.92 Å². The molecule has 13 heteroatoms. The molecule has 3 heterocycles. The molecule has 0 amide bonds. The third-order valence-electron chi connectivity index (χ3n) is 6.21. The van der Waals surface area contributed by atoms with Crippen molar-refractivity contribution in [3.05, 3.63) is 47.3 Å². The van der Waals surface area contributed by atoms with Gasteiger partial charge in [-0.2, -0.15) is 0 Å². The molecule has 2 aromatic rings. The molecule has 5 rings (SSSR count). The largest absolute Gasteiger partial charge is 0.318 e. The summed E-state index contributed by atoms with van der Waals surface area (Å²) in [6.07, 6.45) is -0.127. The number of fused-ring (bicyclic) bond motifs is 1. The van der Waals surface area contributed by atoms with Gasteiger partial charge in [-0.25, -0.2) is 27.0 Å². The number of sulfonamides is 1. The van der Waals surface area contributed by atoms with Crippen LogP contribution in [0.1, 0.15) is 25.5 Å². The number of benzene rings is 2. The topological polar surface area (TPSA) is 106 Å². The minimum absolute atomic E-state index is 0.0923. The Kier molecular flexibility index (Phi) is 6.19. The van der Waals surface area contributed by atoms with Crippen LogP contribution in [0.4, 0.5) is 24.5 Å². The number of hydrogen-bond acceptors (Lipinski definition) is 8. The molecule has 2 saturated heterocycles. The number of anilines is 2. The second-order valence-corrected chi connectivity index (χ2v) is 12.1. The number of thioether (sulfide) groups is 1. The Labute approximate surface area is 199 Å². The van der Waals surface area contributed by atoms with Gasteiger partial charge in [0, 0.05) is 30.3 Å². The average molecular weight is 515 g/mol. The van der Waals surface area contributed by atoms with E-state index in [1.54, 1.807) is 13.0 Å². The summed E-state index contributed by atoms with van der Waals surface area (Å²) in [5.74, 6) is -3.01. The monoisotopic (exact) mass is 514 g/mol. The summed E-state index contributed by atoms with van der Waals surface area (Å²) in [4.78, 5) is 0. The predicted molar refractivity (Wildman–Crippen MR) is 127 cm³/mol. The SMILES string of the molecule is CC1NC(C)C(S(=O)(=O)Nc2ccc(F)c(-c3ccc4c(c3F)NNC4C3NCCN3)c2F)S1. The lowest BCUT2D eigenvalue weighted by atomic mass is 9.97. The van der Waals surface area contributed by atoms with Gasteiger partial charge < -0.3 is 10.7 Å². The Balaban J connectivity index is 1.49. The van der Waals surface area contributed by atoms with Crippen LogP contribution in [0.15, 0.2) is 24.3 Å². The van der Waals surface area contributed by atoms with Crippen molar-refractivity contribution < 1.29 is 21.6 Å². The number of hydrogen-bond donors (Lipinski definition) is 6. The molecule has 34 heavy (non-hydrogen) atoms. The van der Waals surface area contributed by atoms with E-state index in [-0.39, 0.29) is 34.9 Å². The van der Waals surface area contributed by atoms with Gasteiger partial charge in [0.15, 0.2) is 11.6 Å². The summed E-state index contributed by atoms with van der Waals surface area (Å²) in [5.41, 5.74) is 5.09. The quantitative estimate of drug-likeness (QED) is 0.362. The maximum atomic E-state index is 15.5. The summed E-state index contributed by atoms with van der Waals surface area (Å²) < 4.78 is 72.8. The Hall–Kier alpha value is -2.03. The molecule has 184 valence electrons. The van der Waals surface area contributed by atoms with Gasteiger partial charge in [-0.15, -0.1) is 11.8 Å². The first-order valence-electron chi connectivity index (χ1n) is 10.9. The van der Waals surface area contributed by atoms with Gasteiger partial charge in [0.2, 0.25) is 10.0 Å². The molecule has 0 bridgehead atoms. The van der Waals surface area contributed by atoms with Gasteiger partial charge >= 0.3 is 0 Å². The standard InChI is InChI=1S/C21H25F3N6O2S2/c1-9-21(33-10(2)27-9)34(31,32)30-14-6-5-13(22)15(17(14)24)11-3-4-12-18(16(11)23)28-29-19(12)20-25-7-8-26-20/h3-6,9-10,19-21,25-30H,7-8H2,1-2H3. The van der Waals surface area contributed by atoms with Crippen LogP contribution >= 0.6 is 11.8 Å². The fraction of sp³-hybridized carbons (Fsp3) is 0.429. The highest BCUT2D eigenvalue weighted by Gasteiger charge is 2.40. The van der Waals surface area contributed by atoms with Crippen molar-refractivity contribution in [3.8, 4) is 11.1 Å². The summed E-state index contributed by atoms with van der Waals surface area (Å²) in [6.45, 7) is 5.09. The van der Waals surface area contributed by atoms with Crippen molar-refractivity contribution in [1.29, 1.82) is 0 Å². The molecule has 0 saturated carbocycles. The van der Waals surface area contributed by atoms with Gasteiger partial charge in [0.05, 0.1) is 34.5 Å². The lowest BCUT2D eigenvalue weighted by Crippen LogP contribution is -2.42. The van der Waals surface area contributed by atoms with Gasteiger partial charge in [-0.1, -0.05) is 12.1 Å². The van der Waals surface area contributed by atoms with Crippen molar-refractivity contribution in [2.45, 2.75) is 42.1 Å². The van der Waals surface area contributed by atoms with E-state index in [2.05, 4.69) is 31.5 Å². The molecule has 2 aromatic carbocycles. The number of halogens is 3. The fourth-order valence-electron chi connectivity index (χ4n) is 4.66. The maximum Gasteiger partial charge on any atom is 0.246 e. The number of rotatable bonds is 5. The van der Waals surface area contributed by atoms with E-state index in [4.69, 9.17) is 0 Å². The van der Waals surface area contributed by atoms with Crippen molar-refractivity contribution in [2.75, 3.05) is 23.2 Å². The van der Waals surface area contributed by atoms with Crippen LogP contribution in [0.5, 0.6) is 0 Å². The number of nitrogens with one attached hydrogen (secondary N) is 6. The predicted octanol–water partition coefficient (Wildman–Crippen LogP) is 2.40. The van der Waals surface area contributed by atoms with Gasteiger partial charge in [-0.3, -0.25) is 15.4 Å². The van der Waals surface area contributed by atoms with E-state index in [1.165, 1.54) is 17.8 Å². The van der Waals surface area contributed by atoms with Crippen LogP contribution in [0.25, 0.3) is 11.1 Å². The Morgan fingerprint density at radius 3 is 2.44 bits per heavy atom. The minimum atomic E-state index is -4.01. The molecular formula is C21H25F3N6O2S2. The van der Waals surface area contributed by atoms with Crippen LogP contribution in [0.2, 0.25) is 0 Å². The zero-order valence-electron chi connectivity index (χ0n) is 18.4. The van der Waals surface area contributed by atoms with E-state index in [0.29, 0.717) is 5.56 Å². The van der Waals surface area contributed by atoms with Gasteiger partial charge in [0.25, 0.3) is 0 Å². The average Bonchev–Trinajstić information content (AvgIpc) is 3.51. The molecule has 6 N–H and O–H groups in total. The van der Waals surface area contributed by atoms with Crippen LogP contribution in [-0.4, -0.2) is 43.7 Å². The Bertz CT molecular complexity index is 1230. The molecule has 3 aliphatic heterocycles. The molecule has 3 aliphatic rings. The molecule has 0 aromatic heterocycles. The van der Waals surface area contributed by atoms with Crippen molar-refractivity contribution in [3.63, 3.8) is 0 Å². The van der Waals surface area contributed by atoms with E-state index < -0.39 is 43.3 Å². The third-order valence-corrected chi connectivity index (χ3v) is 10.0. The molecule has 8 nitrogen and oxygen atoms in total. The number of hydrazine groups is 1. The molecule has 4 atom stereocenters. The zero-order valence-corrected chi connectivity index (χ0v) is 20.0. The van der Waals surface area contributed by atoms with Crippen LogP contribution in [0, 0.1) is 17.5 Å². The van der Waals surface area contributed by atoms with E-state index in [0.717, 1.165) is 25.2 Å². The second kappa shape index (κ2) is 8.88. The van der Waals surface area contributed by atoms with Crippen molar-refractivity contribution in [2.24, 2.45) is 0 Å². The second-order valence-electron chi connectivity index (χ2n) is 8.56. The van der Waals surface area contributed by atoms with E-state index >= 15 is 8.78 Å². The van der Waals surface area contributed by atoms with E-state index in [9.17, 15) is 12.8 Å². The fourth-order valence-corrected chi connectivity index (χ4v) is 8.10. The Morgan fingerprint density at radius 1 is 1.03 bits per heavy atom. The summed E-state index contributed by atoms with van der Waals surface area (Å²) in [6, 6.07) is 4.19. The lowest BCUT2D eigenvalue weighted by Gasteiger charge is -2.20. The molecule has 0 radical (unpaired) electrons. The molecule has 2 fully saturated rings. The van der Waals surface area contributed by atoms with Gasteiger partial charge in [-0.05, 0) is 26.0 Å². The van der Waals surface area contributed by atoms with Crippen LogP contribution in [0.3, 0.4) is 0 Å². The summed E-state index contributed by atoms with van der Waals surface area (Å²) >= 11 is 1.19. The van der Waals surface area contributed by atoms with Crippen molar-refractivity contribution in [1.82, 2.24) is 21.4 Å². The molecular weight excluding hydrogens is 489 g/mol. The first-order valence-corrected chi connectivity index (χ1v) is 13.4. The lowest BCUT2D eigenvalue weighted by molar-refractivity contribution is 0.423. The molecule has 4 unspecified atom stereocenters. The minimum Gasteiger partial charge on any atom is -0.318 e. The smallest absolute Gasteiger partial charge is 0.246 e. The Morgan fingerprint density at radius 2 is 1.76 bits per heavy atom. The first-order chi connectivity index (χ1) is 16.2. The van der Waals surface area contributed by atoms with Crippen LogP contribution in [-0.2, 0) is 10.0 Å². The highest BCUT2D eigenvalue weighted by atomic mass is 32.3. The normalized spacial score (nSPS) is 27.1. The summed E-state index contributed by atoms with van der Waals surface area (Å²) in [5, 5.41) is 9.51. The highest BCUT2D eigenvalue weighted by Crippen LogP contribution is 2.41. The zero-order chi connectivity index (χ0) is 24.2. The van der Waals surface area contributed by atoms with Gasteiger partial charge in [0.1, 0.15) is 10.4 Å².